The molecule has 56 valence electrons. The zero-order valence-electron chi connectivity index (χ0n) is 7.10. The summed E-state index contributed by atoms with van der Waals surface area (Å²) in [5.41, 5.74) is 0. The molecule has 0 aromatic heterocycles. The van der Waals surface area contributed by atoms with E-state index in [0.29, 0.717) is 6.04 Å². The largest absolute Gasteiger partial charge is 0.293 e. The van der Waals surface area contributed by atoms with Gasteiger partial charge in [0.2, 0.25) is 0 Å². The van der Waals surface area contributed by atoms with Gasteiger partial charge in [-0.3, -0.25) is 5.09 Å². The van der Waals surface area contributed by atoms with Gasteiger partial charge in [-0.15, -0.1) is 0 Å². The number of nitrogens with one attached hydrogen (secondary N) is 1. The molecule has 0 saturated carbocycles. The lowest BCUT2D eigenvalue weighted by atomic mass is 10.1. The maximum absolute atomic E-state index is 3.51. The van der Waals surface area contributed by atoms with Crippen molar-refractivity contribution in [1.82, 2.24) is 5.09 Å². The van der Waals surface area contributed by atoms with Gasteiger partial charge >= 0.3 is 0 Å². The highest BCUT2D eigenvalue weighted by Gasteiger charge is 2.06. The minimum Gasteiger partial charge on any atom is -0.293 e. The van der Waals surface area contributed by atoms with E-state index >= 15 is 0 Å². The first-order valence-electron chi connectivity index (χ1n) is 3.47. The second kappa shape index (κ2) is 4.24. The second-order valence-electron chi connectivity index (χ2n) is 3.06. The molecule has 1 unspecified atom stereocenters. The molecule has 0 fully saturated rings. The topological polar surface area (TPSA) is 12.0 Å². The van der Waals surface area contributed by atoms with Crippen LogP contribution >= 0.6 is 8.07 Å². The van der Waals surface area contributed by atoms with Crippen LogP contribution in [0, 0.1) is 5.92 Å². The molecule has 0 rings (SSSR count). The third-order valence-corrected chi connectivity index (χ3v) is 2.39. The van der Waals surface area contributed by atoms with E-state index in [4.69, 9.17) is 0 Å². The van der Waals surface area contributed by atoms with Gasteiger partial charge in [-0.1, -0.05) is 13.8 Å². The molecule has 9 heavy (non-hydrogen) atoms. The van der Waals surface area contributed by atoms with Crippen LogP contribution in [0.4, 0.5) is 0 Å². The van der Waals surface area contributed by atoms with Crippen LogP contribution in [0.3, 0.4) is 0 Å². The highest BCUT2D eigenvalue weighted by atomic mass is 31.1. The van der Waals surface area contributed by atoms with Crippen LogP contribution in [-0.2, 0) is 0 Å². The fourth-order valence-electron chi connectivity index (χ4n) is 0.556. The van der Waals surface area contributed by atoms with E-state index in [1.54, 1.807) is 0 Å². The quantitative estimate of drug-likeness (QED) is 0.604. The van der Waals surface area contributed by atoms with Crippen molar-refractivity contribution in [3.63, 3.8) is 0 Å². The van der Waals surface area contributed by atoms with Crippen LogP contribution in [0.1, 0.15) is 20.8 Å². The van der Waals surface area contributed by atoms with Gasteiger partial charge in [-0.05, 0) is 34.2 Å². The van der Waals surface area contributed by atoms with Gasteiger partial charge in [-0.2, -0.15) is 0 Å². The Labute approximate surface area is 60.0 Å². The van der Waals surface area contributed by atoms with Gasteiger partial charge in [-0.25, -0.2) is 0 Å². The summed E-state index contributed by atoms with van der Waals surface area (Å²) in [4.78, 5) is 0. The first-order valence-corrected chi connectivity index (χ1v) is 5.71. The standard InChI is InChI=1S/C7H18NP/c1-6(2)7(3)8-9(4)5/h6-8H,1-5H3. The Kier molecular flexibility index (Phi) is 4.43. The van der Waals surface area contributed by atoms with Crippen LogP contribution in [-0.4, -0.2) is 19.4 Å². The summed E-state index contributed by atoms with van der Waals surface area (Å²) in [6, 6.07) is 0.672. The van der Waals surface area contributed by atoms with Crippen molar-refractivity contribution in [2.24, 2.45) is 5.92 Å². The normalized spacial score (nSPS) is 15.0. The Balaban J connectivity index is 3.38. The van der Waals surface area contributed by atoms with Gasteiger partial charge in [0.15, 0.2) is 0 Å². The van der Waals surface area contributed by atoms with E-state index in [0.717, 1.165) is 5.92 Å². The Bertz CT molecular complexity index is 71.3. The molecule has 0 aliphatic heterocycles. The van der Waals surface area contributed by atoms with Gasteiger partial charge in [0.25, 0.3) is 0 Å². The fraction of sp³-hybridized carbons (Fsp3) is 1.00. The summed E-state index contributed by atoms with van der Waals surface area (Å²) in [7, 11) is 0.0777. The van der Waals surface area contributed by atoms with E-state index in [1.165, 1.54) is 0 Å². The summed E-state index contributed by atoms with van der Waals surface area (Å²) in [6.07, 6.45) is 0. The summed E-state index contributed by atoms with van der Waals surface area (Å²) >= 11 is 0. The summed E-state index contributed by atoms with van der Waals surface area (Å²) < 4.78 is 0. The number of rotatable bonds is 3. The average molecular weight is 147 g/mol. The fourth-order valence-corrected chi connectivity index (χ4v) is 1.67. The zero-order chi connectivity index (χ0) is 7.44. The second-order valence-corrected chi connectivity index (χ2v) is 5.10. The molecule has 0 heterocycles. The molecule has 0 bridgehead atoms. The van der Waals surface area contributed by atoms with Crippen LogP contribution in [0.25, 0.3) is 0 Å². The van der Waals surface area contributed by atoms with Gasteiger partial charge in [0.1, 0.15) is 0 Å². The molecule has 0 amide bonds. The summed E-state index contributed by atoms with van der Waals surface area (Å²) in [6.45, 7) is 11.2. The number of hydrogen-bond donors (Lipinski definition) is 1. The van der Waals surface area contributed by atoms with Crippen molar-refractivity contribution in [3.05, 3.63) is 0 Å². The predicted molar refractivity (Wildman–Crippen MR) is 46.2 cm³/mol. The van der Waals surface area contributed by atoms with Crippen LogP contribution in [0.2, 0.25) is 0 Å². The third kappa shape index (κ3) is 4.87. The zero-order valence-corrected chi connectivity index (χ0v) is 8.00. The molecule has 1 N–H and O–H groups in total. The molecular weight excluding hydrogens is 129 g/mol. The Morgan fingerprint density at radius 2 is 1.56 bits per heavy atom. The van der Waals surface area contributed by atoms with Crippen molar-refractivity contribution in [1.29, 1.82) is 0 Å². The number of hydrogen-bond acceptors (Lipinski definition) is 1. The first-order chi connectivity index (χ1) is 4.04. The molecule has 1 nitrogen and oxygen atoms in total. The first kappa shape index (κ1) is 9.39. The van der Waals surface area contributed by atoms with Crippen molar-refractivity contribution in [2.75, 3.05) is 13.3 Å². The van der Waals surface area contributed by atoms with E-state index in [2.05, 4.69) is 39.2 Å². The average Bonchev–Trinajstić information content (AvgIpc) is 1.63. The lowest BCUT2D eigenvalue weighted by Gasteiger charge is -2.19. The Hall–Kier alpha value is 0.390. The molecule has 0 aliphatic rings. The Morgan fingerprint density at radius 1 is 1.11 bits per heavy atom. The lowest BCUT2D eigenvalue weighted by molar-refractivity contribution is 0.499. The smallest absolute Gasteiger partial charge is 0.00978 e. The molecule has 0 spiro atoms. The van der Waals surface area contributed by atoms with Crippen LogP contribution < -0.4 is 5.09 Å². The van der Waals surface area contributed by atoms with E-state index in [1.807, 2.05) is 0 Å². The molecule has 0 aromatic carbocycles. The van der Waals surface area contributed by atoms with Crippen molar-refractivity contribution < 1.29 is 0 Å². The third-order valence-electron chi connectivity index (χ3n) is 1.46. The molecule has 0 saturated heterocycles. The summed E-state index contributed by atoms with van der Waals surface area (Å²) in [5, 5.41) is 3.51. The maximum Gasteiger partial charge on any atom is 0.00978 e. The van der Waals surface area contributed by atoms with E-state index in [-0.39, 0.29) is 8.07 Å². The SMILES string of the molecule is CC(C)C(C)NP(C)C. The van der Waals surface area contributed by atoms with Crippen molar-refractivity contribution in [2.45, 2.75) is 26.8 Å². The van der Waals surface area contributed by atoms with E-state index in [9.17, 15) is 0 Å². The maximum atomic E-state index is 3.51. The predicted octanol–water partition coefficient (Wildman–Crippen LogP) is 2.28. The van der Waals surface area contributed by atoms with Gasteiger partial charge < -0.3 is 0 Å². The monoisotopic (exact) mass is 147 g/mol. The van der Waals surface area contributed by atoms with Gasteiger partial charge in [0, 0.05) is 6.04 Å². The van der Waals surface area contributed by atoms with Crippen molar-refractivity contribution >= 4 is 8.07 Å². The molecule has 2 heteroatoms. The summed E-state index contributed by atoms with van der Waals surface area (Å²) in [5.74, 6) is 0.759. The Morgan fingerprint density at radius 3 is 1.67 bits per heavy atom. The highest BCUT2D eigenvalue weighted by Crippen LogP contribution is 2.20. The van der Waals surface area contributed by atoms with E-state index < -0.39 is 0 Å². The molecule has 0 aliphatic carbocycles. The minimum absolute atomic E-state index is 0.0777. The van der Waals surface area contributed by atoms with Crippen molar-refractivity contribution in [3.8, 4) is 0 Å². The molecular formula is C7H18NP. The van der Waals surface area contributed by atoms with Crippen LogP contribution in [0.15, 0.2) is 0 Å². The molecule has 0 aromatic rings. The lowest BCUT2D eigenvalue weighted by Crippen LogP contribution is -2.25. The van der Waals surface area contributed by atoms with Crippen LogP contribution in [0.5, 0.6) is 0 Å². The minimum atomic E-state index is 0.0777. The van der Waals surface area contributed by atoms with Gasteiger partial charge in [0.05, 0.1) is 0 Å². The highest BCUT2D eigenvalue weighted by molar-refractivity contribution is 7.53. The molecule has 1 atom stereocenters. The molecule has 0 radical (unpaired) electrons.